The van der Waals surface area contributed by atoms with E-state index in [1.165, 1.54) is 19.3 Å². The van der Waals surface area contributed by atoms with Crippen LogP contribution in [0.4, 0.5) is 0 Å². The van der Waals surface area contributed by atoms with Crippen LogP contribution in [0.15, 0.2) is 0 Å². The first-order chi connectivity index (χ1) is 7.16. The molecular formula is C12H22N2O. The zero-order valence-electron chi connectivity index (χ0n) is 9.83. The average Bonchev–Trinajstić information content (AvgIpc) is 2.92. The topological polar surface area (TPSA) is 32.3 Å². The average molecular weight is 210 g/mol. The van der Waals surface area contributed by atoms with E-state index < -0.39 is 0 Å². The Hall–Kier alpha value is -0.570. The molecule has 0 radical (unpaired) electrons. The van der Waals surface area contributed by atoms with Crippen LogP contribution in [-0.2, 0) is 4.79 Å². The highest BCUT2D eigenvalue weighted by molar-refractivity contribution is 5.77. The van der Waals surface area contributed by atoms with E-state index in [-0.39, 0.29) is 0 Å². The molecule has 0 aromatic carbocycles. The van der Waals surface area contributed by atoms with Gasteiger partial charge in [-0.2, -0.15) is 0 Å². The van der Waals surface area contributed by atoms with Crippen LogP contribution in [0.3, 0.4) is 0 Å². The van der Waals surface area contributed by atoms with Crippen LogP contribution in [0.5, 0.6) is 0 Å². The number of nitrogens with zero attached hydrogens (tertiary/aromatic N) is 1. The Kier molecular flexibility index (Phi) is 3.29. The van der Waals surface area contributed by atoms with Crippen LogP contribution in [-0.4, -0.2) is 36.0 Å². The second-order valence-corrected chi connectivity index (χ2v) is 5.21. The van der Waals surface area contributed by atoms with Crippen molar-refractivity contribution in [3.05, 3.63) is 0 Å². The fourth-order valence-corrected chi connectivity index (χ4v) is 2.46. The highest BCUT2D eigenvalue weighted by Gasteiger charge is 2.29. The second-order valence-electron chi connectivity index (χ2n) is 5.21. The van der Waals surface area contributed by atoms with Gasteiger partial charge in [-0.25, -0.2) is 0 Å². The lowest BCUT2D eigenvalue weighted by Gasteiger charge is -2.21. The van der Waals surface area contributed by atoms with Crippen LogP contribution >= 0.6 is 0 Å². The van der Waals surface area contributed by atoms with Gasteiger partial charge in [0.2, 0.25) is 5.91 Å². The standard InChI is InChI=1S/C12H22N2O/c1-9-7-10(2)14(8-9)12(15)5-6-13-11-3-4-11/h9-11,13H,3-8H2,1-2H3. The lowest BCUT2D eigenvalue weighted by molar-refractivity contribution is -0.131. The van der Waals surface area contributed by atoms with E-state index in [0.29, 0.717) is 30.3 Å². The van der Waals surface area contributed by atoms with Gasteiger partial charge in [-0.15, -0.1) is 0 Å². The molecule has 0 spiro atoms. The predicted molar refractivity (Wildman–Crippen MR) is 60.6 cm³/mol. The number of hydrogen-bond acceptors (Lipinski definition) is 2. The zero-order valence-corrected chi connectivity index (χ0v) is 9.83. The highest BCUT2D eigenvalue weighted by Crippen LogP contribution is 2.23. The Morgan fingerprint density at radius 1 is 1.40 bits per heavy atom. The van der Waals surface area contributed by atoms with Gasteiger partial charge in [0.05, 0.1) is 0 Å². The summed E-state index contributed by atoms with van der Waals surface area (Å²) in [6.45, 7) is 6.21. The molecule has 1 heterocycles. The van der Waals surface area contributed by atoms with Gasteiger partial charge >= 0.3 is 0 Å². The van der Waals surface area contributed by atoms with Crippen LogP contribution < -0.4 is 5.32 Å². The van der Waals surface area contributed by atoms with Crippen molar-refractivity contribution in [2.75, 3.05) is 13.1 Å². The van der Waals surface area contributed by atoms with Crippen molar-refractivity contribution in [3.63, 3.8) is 0 Å². The maximum Gasteiger partial charge on any atom is 0.224 e. The molecule has 1 N–H and O–H groups in total. The molecule has 0 aromatic heterocycles. The Morgan fingerprint density at radius 3 is 2.67 bits per heavy atom. The third-order valence-corrected chi connectivity index (χ3v) is 3.45. The summed E-state index contributed by atoms with van der Waals surface area (Å²) in [7, 11) is 0. The molecule has 1 saturated heterocycles. The first kappa shape index (κ1) is 10.9. The van der Waals surface area contributed by atoms with Crippen molar-refractivity contribution in [2.45, 2.75) is 51.6 Å². The Morgan fingerprint density at radius 2 is 2.13 bits per heavy atom. The van der Waals surface area contributed by atoms with E-state index in [1.54, 1.807) is 0 Å². The smallest absolute Gasteiger partial charge is 0.224 e. The minimum absolute atomic E-state index is 0.333. The largest absolute Gasteiger partial charge is 0.340 e. The number of nitrogens with one attached hydrogen (secondary N) is 1. The van der Waals surface area contributed by atoms with Gasteiger partial charge in [-0.3, -0.25) is 4.79 Å². The molecular weight excluding hydrogens is 188 g/mol. The molecule has 15 heavy (non-hydrogen) atoms. The van der Waals surface area contributed by atoms with Crippen molar-refractivity contribution in [1.29, 1.82) is 0 Å². The van der Waals surface area contributed by atoms with Crippen LogP contribution in [0.25, 0.3) is 0 Å². The SMILES string of the molecule is CC1CC(C)N(C(=O)CCNC2CC2)C1. The summed E-state index contributed by atoms with van der Waals surface area (Å²) in [5, 5.41) is 3.39. The number of carbonyl (C=O) groups excluding carboxylic acids is 1. The second kappa shape index (κ2) is 4.52. The highest BCUT2D eigenvalue weighted by atomic mass is 16.2. The molecule has 1 aliphatic carbocycles. The lowest BCUT2D eigenvalue weighted by Crippen LogP contribution is -2.36. The van der Waals surface area contributed by atoms with E-state index in [0.717, 1.165) is 13.1 Å². The van der Waals surface area contributed by atoms with Crippen molar-refractivity contribution in [2.24, 2.45) is 5.92 Å². The third kappa shape index (κ3) is 2.94. The molecule has 0 aromatic rings. The van der Waals surface area contributed by atoms with E-state index in [9.17, 15) is 4.79 Å². The number of hydrogen-bond donors (Lipinski definition) is 1. The summed E-state index contributed by atoms with van der Waals surface area (Å²) >= 11 is 0. The molecule has 2 rings (SSSR count). The quantitative estimate of drug-likeness (QED) is 0.760. The van der Waals surface area contributed by atoms with Crippen LogP contribution in [0.2, 0.25) is 0 Å². The molecule has 3 nitrogen and oxygen atoms in total. The van der Waals surface area contributed by atoms with E-state index in [1.807, 2.05) is 0 Å². The van der Waals surface area contributed by atoms with Gasteiger partial charge in [-0.1, -0.05) is 6.92 Å². The van der Waals surface area contributed by atoms with Gasteiger partial charge in [0.15, 0.2) is 0 Å². The fraction of sp³-hybridized carbons (Fsp3) is 0.917. The summed E-state index contributed by atoms with van der Waals surface area (Å²) in [5.41, 5.74) is 0. The van der Waals surface area contributed by atoms with Gasteiger partial charge in [0, 0.05) is 31.6 Å². The van der Waals surface area contributed by atoms with E-state index in [4.69, 9.17) is 0 Å². The summed E-state index contributed by atoms with van der Waals surface area (Å²) in [6.07, 6.45) is 4.44. The molecule has 2 atom stereocenters. The molecule has 2 fully saturated rings. The Bertz CT molecular complexity index is 238. The minimum Gasteiger partial charge on any atom is -0.340 e. The molecule has 1 amide bonds. The summed E-state index contributed by atoms with van der Waals surface area (Å²) in [5.74, 6) is 1.01. The van der Waals surface area contributed by atoms with Crippen LogP contribution in [0, 0.1) is 5.92 Å². The minimum atomic E-state index is 0.333. The maximum atomic E-state index is 11.9. The maximum absolute atomic E-state index is 11.9. The van der Waals surface area contributed by atoms with Gasteiger partial charge in [-0.05, 0) is 32.1 Å². The van der Waals surface area contributed by atoms with Crippen molar-refractivity contribution < 1.29 is 4.79 Å². The van der Waals surface area contributed by atoms with E-state index in [2.05, 4.69) is 24.1 Å². The lowest BCUT2D eigenvalue weighted by atomic mass is 10.1. The number of amides is 1. The Labute approximate surface area is 92.2 Å². The predicted octanol–water partition coefficient (Wildman–Crippen LogP) is 1.39. The molecule has 3 heteroatoms. The Balaban J connectivity index is 1.69. The summed E-state index contributed by atoms with van der Waals surface area (Å²) < 4.78 is 0. The van der Waals surface area contributed by atoms with Gasteiger partial charge in [0.25, 0.3) is 0 Å². The molecule has 1 saturated carbocycles. The molecule has 0 bridgehead atoms. The monoisotopic (exact) mass is 210 g/mol. The fourth-order valence-electron chi connectivity index (χ4n) is 2.46. The summed E-state index contributed by atoms with van der Waals surface area (Å²) in [4.78, 5) is 13.9. The van der Waals surface area contributed by atoms with Crippen molar-refractivity contribution in [3.8, 4) is 0 Å². The number of carbonyl (C=O) groups is 1. The van der Waals surface area contributed by atoms with Gasteiger partial charge in [0.1, 0.15) is 0 Å². The first-order valence-corrected chi connectivity index (χ1v) is 6.19. The molecule has 2 unspecified atom stereocenters. The molecule has 86 valence electrons. The van der Waals surface area contributed by atoms with Crippen LogP contribution in [0.1, 0.15) is 39.5 Å². The van der Waals surface area contributed by atoms with Crippen molar-refractivity contribution >= 4 is 5.91 Å². The summed E-state index contributed by atoms with van der Waals surface area (Å²) in [6, 6.07) is 1.17. The van der Waals surface area contributed by atoms with Crippen molar-refractivity contribution in [1.82, 2.24) is 10.2 Å². The number of likely N-dealkylation sites (tertiary alicyclic amines) is 1. The molecule has 2 aliphatic rings. The van der Waals surface area contributed by atoms with Gasteiger partial charge < -0.3 is 10.2 Å². The zero-order chi connectivity index (χ0) is 10.8. The number of rotatable bonds is 4. The third-order valence-electron chi connectivity index (χ3n) is 3.45. The molecule has 1 aliphatic heterocycles. The van der Waals surface area contributed by atoms with E-state index >= 15 is 0 Å². The normalized spacial score (nSPS) is 30.9. The first-order valence-electron chi connectivity index (χ1n) is 6.19.